The predicted octanol–water partition coefficient (Wildman–Crippen LogP) is 3.45. The van der Waals surface area contributed by atoms with Crippen LogP contribution in [-0.2, 0) is 32.6 Å². The first kappa shape index (κ1) is 28.5. The van der Waals surface area contributed by atoms with Crippen LogP contribution in [0.2, 0.25) is 0 Å². The van der Waals surface area contributed by atoms with Gasteiger partial charge in [-0.25, -0.2) is 8.42 Å². The number of carbonyl (C=O) groups is 2. The highest BCUT2D eigenvalue weighted by atomic mass is 127. The van der Waals surface area contributed by atoms with E-state index in [4.69, 9.17) is 4.74 Å². The summed E-state index contributed by atoms with van der Waals surface area (Å²) in [5.41, 5.74) is 1.99. The second kappa shape index (κ2) is 12.9. The molecule has 0 saturated carbocycles. The summed E-state index contributed by atoms with van der Waals surface area (Å²) in [6, 6.07) is 22.6. The molecule has 3 aromatic carbocycles. The summed E-state index contributed by atoms with van der Waals surface area (Å²) in [6.45, 7) is -0.364. The van der Waals surface area contributed by atoms with Gasteiger partial charge < -0.3 is 15.0 Å². The smallest absolute Gasteiger partial charge is 0.244 e. The summed E-state index contributed by atoms with van der Waals surface area (Å²) in [4.78, 5) is 28.4. The monoisotopic (exact) mass is 635 g/mol. The highest BCUT2D eigenvalue weighted by Crippen LogP contribution is 2.22. The summed E-state index contributed by atoms with van der Waals surface area (Å²) in [5, 5.41) is 2.66. The fourth-order valence-electron chi connectivity index (χ4n) is 3.91. The van der Waals surface area contributed by atoms with Crippen molar-refractivity contribution in [2.45, 2.75) is 19.0 Å². The number of halogens is 1. The van der Waals surface area contributed by atoms with Gasteiger partial charge >= 0.3 is 0 Å². The van der Waals surface area contributed by atoms with Crippen molar-refractivity contribution in [1.82, 2.24) is 10.2 Å². The van der Waals surface area contributed by atoms with Gasteiger partial charge in [-0.1, -0.05) is 42.5 Å². The molecule has 1 atom stereocenters. The molecule has 0 aromatic heterocycles. The Labute approximate surface area is 231 Å². The van der Waals surface area contributed by atoms with Crippen LogP contribution in [0.4, 0.5) is 5.69 Å². The number of anilines is 1. The minimum atomic E-state index is -3.79. The van der Waals surface area contributed by atoms with Crippen molar-refractivity contribution in [2.75, 3.05) is 31.3 Å². The molecule has 0 fully saturated rings. The lowest BCUT2D eigenvalue weighted by Gasteiger charge is -2.33. The van der Waals surface area contributed by atoms with Gasteiger partial charge in [-0.05, 0) is 70.1 Å². The summed E-state index contributed by atoms with van der Waals surface area (Å²) in [5.74, 6) is -0.238. The fourth-order valence-corrected chi connectivity index (χ4v) is 5.12. The van der Waals surface area contributed by atoms with Crippen molar-refractivity contribution >= 4 is 50.1 Å². The molecule has 8 nitrogen and oxygen atoms in total. The second-order valence-corrected chi connectivity index (χ2v) is 11.6. The van der Waals surface area contributed by atoms with Gasteiger partial charge in [0.15, 0.2) is 0 Å². The number of carbonyl (C=O) groups excluding carboxylic acids is 2. The molecule has 196 valence electrons. The lowest BCUT2D eigenvalue weighted by Crippen LogP contribution is -2.52. The number of ether oxygens (including phenoxy) is 1. The molecule has 37 heavy (non-hydrogen) atoms. The van der Waals surface area contributed by atoms with Gasteiger partial charge in [0.05, 0.1) is 19.1 Å². The standard InChI is InChI=1S/C27H30IN3O5S/c1-29-27(33)25(17-20-8-5-4-6-9-20)30(18-21-10-7-11-24(16-21)36-2)26(32)19-31(37(3,34)35)23-14-12-22(28)13-15-23/h4-16,25H,17-19H2,1-3H3,(H,29,33). The minimum Gasteiger partial charge on any atom is -0.497 e. The van der Waals surface area contributed by atoms with E-state index >= 15 is 0 Å². The van der Waals surface area contributed by atoms with Crippen molar-refractivity contribution < 1.29 is 22.7 Å². The van der Waals surface area contributed by atoms with E-state index in [1.807, 2.05) is 36.4 Å². The van der Waals surface area contributed by atoms with Gasteiger partial charge in [-0.3, -0.25) is 13.9 Å². The van der Waals surface area contributed by atoms with Gasteiger partial charge in [0, 0.05) is 23.6 Å². The Morgan fingerprint density at radius 2 is 1.62 bits per heavy atom. The number of hydrogen-bond acceptors (Lipinski definition) is 5. The number of likely N-dealkylation sites (N-methyl/N-ethyl adjacent to an activating group) is 1. The highest BCUT2D eigenvalue weighted by Gasteiger charge is 2.32. The van der Waals surface area contributed by atoms with E-state index in [9.17, 15) is 18.0 Å². The van der Waals surface area contributed by atoms with E-state index in [-0.39, 0.29) is 18.9 Å². The minimum absolute atomic E-state index is 0.0885. The Balaban J connectivity index is 2.02. The summed E-state index contributed by atoms with van der Waals surface area (Å²) < 4.78 is 32.8. The zero-order chi connectivity index (χ0) is 27.0. The van der Waals surface area contributed by atoms with Crippen molar-refractivity contribution in [3.05, 3.63) is 93.6 Å². The van der Waals surface area contributed by atoms with Crippen LogP contribution >= 0.6 is 22.6 Å². The Morgan fingerprint density at radius 1 is 0.973 bits per heavy atom. The molecule has 3 rings (SSSR count). The number of nitrogens with one attached hydrogen (secondary N) is 1. The van der Waals surface area contributed by atoms with E-state index in [0.29, 0.717) is 11.4 Å². The molecule has 10 heteroatoms. The molecule has 0 saturated heterocycles. The molecular formula is C27H30IN3O5S. The fraction of sp³-hybridized carbons (Fsp3) is 0.259. The molecule has 0 spiro atoms. The van der Waals surface area contributed by atoms with Gasteiger partial charge in [0.2, 0.25) is 21.8 Å². The van der Waals surface area contributed by atoms with Gasteiger partial charge in [0.1, 0.15) is 18.3 Å². The van der Waals surface area contributed by atoms with E-state index in [1.165, 1.54) is 11.9 Å². The molecular weight excluding hydrogens is 605 g/mol. The molecule has 0 radical (unpaired) electrons. The third-order valence-electron chi connectivity index (χ3n) is 5.80. The maximum Gasteiger partial charge on any atom is 0.244 e. The van der Waals surface area contributed by atoms with Gasteiger partial charge in [-0.2, -0.15) is 0 Å². The molecule has 0 aliphatic rings. The number of hydrogen-bond donors (Lipinski definition) is 1. The Morgan fingerprint density at radius 3 is 2.22 bits per heavy atom. The third-order valence-corrected chi connectivity index (χ3v) is 7.66. The second-order valence-electron chi connectivity index (χ2n) is 8.44. The topological polar surface area (TPSA) is 96.0 Å². The van der Waals surface area contributed by atoms with Crippen LogP contribution in [0.25, 0.3) is 0 Å². The number of benzene rings is 3. The first-order valence-corrected chi connectivity index (χ1v) is 14.5. The molecule has 2 amide bonds. The molecule has 1 unspecified atom stereocenters. The van der Waals surface area contributed by atoms with Crippen molar-refractivity contribution in [3.8, 4) is 5.75 Å². The first-order chi connectivity index (χ1) is 17.6. The Bertz CT molecular complexity index is 1320. The van der Waals surface area contributed by atoms with Crippen molar-refractivity contribution in [1.29, 1.82) is 0 Å². The van der Waals surface area contributed by atoms with Crippen LogP contribution in [0, 0.1) is 3.57 Å². The first-order valence-electron chi connectivity index (χ1n) is 11.5. The number of nitrogens with zero attached hydrogens (tertiary/aromatic N) is 2. The van der Waals surface area contributed by atoms with E-state index in [1.54, 1.807) is 49.6 Å². The molecule has 0 aliphatic carbocycles. The maximum absolute atomic E-state index is 13.9. The SMILES string of the molecule is CNC(=O)C(Cc1ccccc1)N(Cc1cccc(OC)c1)C(=O)CN(c1ccc(I)cc1)S(C)(=O)=O. The number of methoxy groups -OCH3 is 1. The van der Waals surface area contributed by atoms with E-state index in [0.717, 1.165) is 25.3 Å². The molecule has 0 bridgehead atoms. The average Bonchev–Trinajstić information content (AvgIpc) is 2.89. The molecule has 1 N–H and O–H groups in total. The zero-order valence-corrected chi connectivity index (χ0v) is 23.9. The van der Waals surface area contributed by atoms with Crippen LogP contribution < -0.4 is 14.4 Å². The lowest BCUT2D eigenvalue weighted by molar-refractivity contribution is -0.139. The molecule has 0 aliphatic heterocycles. The normalized spacial score (nSPS) is 11.9. The van der Waals surface area contributed by atoms with Gasteiger partial charge in [-0.15, -0.1) is 0 Å². The quantitative estimate of drug-likeness (QED) is 0.326. The predicted molar refractivity (Wildman–Crippen MR) is 153 cm³/mol. The zero-order valence-electron chi connectivity index (χ0n) is 20.9. The lowest BCUT2D eigenvalue weighted by atomic mass is 10.0. The largest absolute Gasteiger partial charge is 0.497 e. The number of rotatable bonds is 11. The molecule has 0 heterocycles. The van der Waals surface area contributed by atoms with E-state index < -0.39 is 28.5 Å². The highest BCUT2D eigenvalue weighted by molar-refractivity contribution is 14.1. The number of amides is 2. The van der Waals surface area contributed by atoms with Gasteiger partial charge in [0.25, 0.3) is 0 Å². The van der Waals surface area contributed by atoms with Crippen LogP contribution in [0.5, 0.6) is 5.75 Å². The van der Waals surface area contributed by atoms with Crippen LogP contribution in [0.15, 0.2) is 78.9 Å². The summed E-state index contributed by atoms with van der Waals surface area (Å²) in [6.07, 6.45) is 1.32. The van der Waals surface area contributed by atoms with Crippen LogP contribution in [-0.4, -0.2) is 58.1 Å². The summed E-state index contributed by atoms with van der Waals surface area (Å²) in [7, 11) is -0.722. The van der Waals surface area contributed by atoms with E-state index in [2.05, 4.69) is 27.9 Å². The number of sulfonamides is 1. The van der Waals surface area contributed by atoms with Crippen molar-refractivity contribution in [3.63, 3.8) is 0 Å². The molecule has 3 aromatic rings. The van der Waals surface area contributed by atoms with Crippen LogP contribution in [0.3, 0.4) is 0 Å². The summed E-state index contributed by atoms with van der Waals surface area (Å²) >= 11 is 2.13. The Kier molecular flexibility index (Phi) is 9.93. The van der Waals surface area contributed by atoms with Crippen LogP contribution in [0.1, 0.15) is 11.1 Å². The average molecular weight is 636 g/mol. The third kappa shape index (κ3) is 7.93. The maximum atomic E-state index is 13.9. The van der Waals surface area contributed by atoms with Crippen molar-refractivity contribution in [2.24, 2.45) is 0 Å². The Hall–Kier alpha value is -3.12.